The molecule has 1 saturated carbocycles. The van der Waals surface area contributed by atoms with Crippen molar-refractivity contribution in [3.05, 3.63) is 59.7 Å². The number of hydrogen-bond acceptors (Lipinski definition) is 4. The topological polar surface area (TPSA) is 96.5 Å². The van der Waals surface area contributed by atoms with Crippen LogP contribution >= 0.6 is 7.59 Å². The van der Waals surface area contributed by atoms with Crippen LogP contribution < -0.4 is 15.3 Å². The van der Waals surface area contributed by atoms with Crippen molar-refractivity contribution in [2.45, 2.75) is 38.2 Å². The molecule has 1 heterocycles. The molecule has 1 unspecified atom stereocenters. The average molecular weight is 399 g/mol. The minimum Gasteiger partial charge on any atom is -0.446 e. The van der Waals surface area contributed by atoms with Gasteiger partial charge in [-0.2, -0.15) is 0 Å². The third-order valence-electron chi connectivity index (χ3n) is 4.95. The second-order valence-electron chi connectivity index (χ2n) is 7.07. The van der Waals surface area contributed by atoms with Crippen molar-refractivity contribution in [3.8, 4) is 0 Å². The Hall–Kier alpha value is -2.79. The SMILES string of the molecule is O=C(NP1(=O)Nc2ccc(C(=O)c3ccccc3)cc2N1)OC1CCCCC1. The van der Waals surface area contributed by atoms with E-state index in [9.17, 15) is 14.2 Å². The summed E-state index contributed by atoms with van der Waals surface area (Å²) < 4.78 is 18.3. The van der Waals surface area contributed by atoms with Crippen LogP contribution in [0.25, 0.3) is 0 Å². The van der Waals surface area contributed by atoms with Crippen molar-refractivity contribution in [2.75, 3.05) is 10.2 Å². The number of amides is 1. The van der Waals surface area contributed by atoms with Crippen LogP contribution in [0.4, 0.5) is 16.2 Å². The quantitative estimate of drug-likeness (QED) is 0.499. The van der Waals surface area contributed by atoms with Gasteiger partial charge in [0.15, 0.2) is 5.78 Å². The number of anilines is 2. The standard InChI is InChI=1S/C20H22N3O4P/c24-19(14-7-3-1-4-8-14)15-11-12-17-18(13-15)22-28(26,21-17)23-20(25)27-16-9-5-2-6-10-16/h1,3-4,7-8,11-13,16H,2,5-6,9-10H2,(H3,21,22,23,25,26). The molecule has 0 spiro atoms. The number of rotatable bonds is 4. The van der Waals surface area contributed by atoms with Crippen molar-refractivity contribution < 1.29 is 18.9 Å². The normalized spacial score (nSPS) is 21.1. The molecule has 3 N–H and O–H groups in total. The minimum atomic E-state index is -3.43. The number of ether oxygens (including phenoxy) is 1. The molecule has 2 aromatic carbocycles. The van der Waals surface area contributed by atoms with Gasteiger partial charge in [0.25, 0.3) is 0 Å². The monoisotopic (exact) mass is 399 g/mol. The van der Waals surface area contributed by atoms with Crippen LogP contribution in [0.5, 0.6) is 0 Å². The fraction of sp³-hybridized carbons (Fsp3) is 0.300. The second kappa shape index (κ2) is 7.68. The van der Waals surface area contributed by atoms with Gasteiger partial charge in [-0.05, 0) is 43.9 Å². The fourth-order valence-corrected chi connectivity index (χ4v) is 5.08. The first-order valence-corrected chi connectivity index (χ1v) is 11.1. The molecule has 4 rings (SSSR count). The van der Waals surface area contributed by atoms with Crippen LogP contribution in [0.15, 0.2) is 48.5 Å². The predicted molar refractivity (Wildman–Crippen MR) is 108 cm³/mol. The van der Waals surface area contributed by atoms with Gasteiger partial charge in [0, 0.05) is 11.1 Å². The van der Waals surface area contributed by atoms with Gasteiger partial charge in [-0.3, -0.25) is 9.36 Å². The van der Waals surface area contributed by atoms with E-state index in [1.807, 2.05) is 6.07 Å². The van der Waals surface area contributed by atoms with Crippen molar-refractivity contribution in [3.63, 3.8) is 0 Å². The lowest BCUT2D eigenvalue weighted by Crippen LogP contribution is -2.30. The molecular formula is C20H22N3O4P. The van der Waals surface area contributed by atoms with Crippen molar-refractivity contribution in [1.82, 2.24) is 5.09 Å². The van der Waals surface area contributed by atoms with E-state index in [0.29, 0.717) is 22.5 Å². The number of ketones is 1. The summed E-state index contributed by atoms with van der Waals surface area (Å²) in [5, 5.41) is 8.03. The summed E-state index contributed by atoms with van der Waals surface area (Å²) in [6, 6.07) is 13.9. The van der Waals surface area contributed by atoms with Gasteiger partial charge in [0.05, 0.1) is 11.4 Å². The Morgan fingerprint density at radius 1 is 0.929 bits per heavy atom. The lowest BCUT2D eigenvalue weighted by molar-refractivity contribution is 0.0797. The molecular weight excluding hydrogens is 377 g/mol. The molecule has 0 aromatic heterocycles. The first-order chi connectivity index (χ1) is 13.5. The highest BCUT2D eigenvalue weighted by Crippen LogP contribution is 2.51. The maximum absolute atomic E-state index is 13.0. The van der Waals surface area contributed by atoms with Gasteiger partial charge in [-0.15, -0.1) is 0 Å². The number of benzene rings is 2. The Morgan fingerprint density at radius 3 is 2.39 bits per heavy atom. The molecule has 0 radical (unpaired) electrons. The van der Waals surface area contributed by atoms with E-state index in [0.717, 1.165) is 32.1 Å². The van der Waals surface area contributed by atoms with E-state index in [4.69, 9.17) is 4.74 Å². The predicted octanol–water partition coefficient (Wildman–Crippen LogP) is 4.92. The van der Waals surface area contributed by atoms with Crippen LogP contribution in [0.1, 0.15) is 48.0 Å². The summed E-state index contributed by atoms with van der Waals surface area (Å²) in [5.74, 6) is -0.128. The van der Waals surface area contributed by atoms with Gasteiger partial charge >= 0.3 is 13.7 Å². The molecule has 0 saturated heterocycles. The maximum Gasteiger partial charge on any atom is 0.415 e. The highest BCUT2D eigenvalue weighted by Gasteiger charge is 2.34. The van der Waals surface area contributed by atoms with Gasteiger partial charge in [0.1, 0.15) is 6.10 Å². The minimum absolute atomic E-state index is 0.125. The molecule has 7 nitrogen and oxygen atoms in total. The zero-order chi connectivity index (χ0) is 19.6. The molecule has 28 heavy (non-hydrogen) atoms. The Balaban J connectivity index is 1.43. The van der Waals surface area contributed by atoms with Gasteiger partial charge in [-0.1, -0.05) is 36.8 Å². The van der Waals surface area contributed by atoms with Crippen molar-refractivity contribution in [2.24, 2.45) is 0 Å². The van der Waals surface area contributed by atoms with E-state index in [-0.39, 0.29) is 11.9 Å². The second-order valence-corrected chi connectivity index (χ2v) is 8.95. The number of hydrogen-bond donors (Lipinski definition) is 3. The zero-order valence-electron chi connectivity index (χ0n) is 15.3. The highest BCUT2D eigenvalue weighted by molar-refractivity contribution is 7.66. The summed E-state index contributed by atoms with van der Waals surface area (Å²) in [6.45, 7) is 0. The largest absolute Gasteiger partial charge is 0.446 e. The third kappa shape index (κ3) is 4.04. The number of carbonyl (C=O) groups excluding carboxylic acids is 2. The van der Waals surface area contributed by atoms with Crippen LogP contribution in [0, 0.1) is 0 Å². The van der Waals surface area contributed by atoms with E-state index in [1.165, 1.54) is 0 Å². The highest BCUT2D eigenvalue weighted by atomic mass is 31.2. The lowest BCUT2D eigenvalue weighted by atomic mass is 9.98. The molecule has 2 aliphatic rings. The molecule has 1 aliphatic heterocycles. The third-order valence-corrected chi connectivity index (χ3v) is 6.56. The van der Waals surface area contributed by atoms with E-state index >= 15 is 0 Å². The maximum atomic E-state index is 13.0. The Kier molecular flexibility index (Phi) is 5.09. The van der Waals surface area contributed by atoms with E-state index in [2.05, 4.69) is 15.3 Å². The first kappa shape index (κ1) is 18.6. The smallest absolute Gasteiger partial charge is 0.415 e. The van der Waals surface area contributed by atoms with Crippen molar-refractivity contribution in [1.29, 1.82) is 0 Å². The summed E-state index contributed by atoms with van der Waals surface area (Å²) in [6.07, 6.45) is 4.07. The molecule has 8 heteroatoms. The lowest BCUT2D eigenvalue weighted by Gasteiger charge is -2.23. The van der Waals surface area contributed by atoms with E-state index in [1.54, 1.807) is 42.5 Å². The molecule has 0 bridgehead atoms. The summed E-state index contributed by atoms with van der Waals surface area (Å²) in [4.78, 5) is 24.7. The zero-order valence-corrected chi connectivity index (χ0v) is 16.2. The molecule has 1 aliphatic carbocycles. The van der Waals surface area contributed by atoms with Gasteiger partial charge < -0.3 is 14.9 Å². The molecule has 146 valence electrons. The number of nitrogens with one attached hydrogen (secondary N) is 3. The van der Waals surface area contributed by atoms with Crippen LogP contribution in [0.3, 0.4) is 0 Å². The van der Waals surface area contributed by atoms with E-state index < -0.39 is 13.7 Å². The summed E-state index contributed by atoms with van der Waals surface area (Å²) in [5.41, 5.74) is 2.11. The van der Waals surface area contributed by atoms with Gasteiger partial charge in [-0.25, -0.2) is 9.88 Å². The van der Waals surface area contributed by atoms with Crippen LogP contribution in [0.2, 0.25) is 0 Å². The van der Waals surface area contributed by atoms with Gasteiger partial charge in [0.2, 0.25) is 0 Å². The molecule has 2 aromatic rings. The molecule has 1 amide bonds. The Labute approximate surface area is 163 Å². The van der Waals surface area contributed by atoms with Crippen LogP contribution in [-0.2, 0) is 9.30 Å². The Bertz CT molecular complexity index is 942. The molecule has 1 atom stereocenters. The van der Waals surface area contributed by atoms with Crippen LogP contribution in [-0.4, -0.2) is 18.0 Å². The average Bonchev–Trinajstić information content (AvgIpc) is 3.03. The summed E-state index contributed by atoms with van der Waals surface area (Å²) >= 11 is 0. The fourth-order valence-electron chi connectivity index (χ4n) is 3.54. The summed E-state index contributed by atoms with van der Waals surface area (Å²) in [7, 11) is -3.43. The van der Waals surface area contributed by atoms with Crippen molar-refractivity contribution >= 4 is 30.8 Å². The molecule has 1 fully saturated rings. The first-order valence-electron chi connectivity index (χ1n) is 9.42. The number of carbonyl (C=O) groups is 2. The Morgan fingerprint density at radius 2 is 1.64 bits per heavy atom. The number of fused-ring (bicyclic) bond motifs is 1.